The molecule has 0 spiro atoms. The molecule has 0 saturated heterocycles. The zero-order chi connectivity index (χ0) is 22.5. The molecule has 0 bridgehead atoms. The Kier molecular flexibility index (Phi) is 6.12. The summed E-state index contributed by atoms with van der Waals surface area (Å²) in [5, 5.41) is 10.5. The Balaban J connectivity index is 1.45. The molecule has 0 aliphatic rings. The highest BCUT2D eigenvalue weighted by Gasteiger charge is 2.10. The van der Waals surface area contributed by atoms with Gasteiger partial charge in [-0.2, -0.15) is 5.10 Å². The number of carbonyl (C=O) groups is 1. The fourth-order valence-corrected chi connectivity index (χ4v) is 3.38. The van der Waals surface area contributed by atoms with Crippen LogP contribution in [0.4, 0.5) is 17.1 Å². The van der Waals surface area contributed by atoms with Crippen molar-refractivity contribution in [2.24, 2.45) is 0 Å². The third-order valence-corrected chi connectivity index (χ3v) is 5.06. The Morgan fingerprint density at radius 1 is 0.844 bits per heavy atom. The second kappa shape index (κ2) is 9.31. The molecule has 0 unspecified atom stereocenters. The molecule has 0 radical (unpaired) electrons. The van der Waals surface area contributed by atoms with Gasteiger partial charge in [0.1, 0.15) is 6.54 Å². The first kappa shape index (κ1) is 21.1. The zero-order valence-electron chi connectivity index (χ0n) is 18.0. The van der Waals surface area contributed by atoms with Gasteiger partial charge in [0.25, 0.3) is 5.56 Å². The molecule has 4 aromatic rings. The van der Waals surface area contributed by atoms with E-state index in [1.54, 1.807) is 6.07 Å². The highest BCUT2D eigenvalue weighted by atomic mass is 16.2. The van der Waals surface area contributed by atoms with Crippen LogP contribution in [0.3, 0.4) is 0 Å². The van der Waals surface area contributed by atoms with Gasteiger partial charge < -0.3 is 10.6 Å². The first-order valence-corrected chi connectivity index (χ1v) is 10.4. The van der Waals surface area contributed by atoms with Crippen molar-refractivity contribution >= 4 is 23.0 Å². The first-order valence-electron chi connectivity index (χ1n) is 10.4. The van der Waals surface area contributed by atoms with Crippen molar-refractivity contribution in [2.45, 2.75) is 20.4 Å². The van der Waals surface area contributed by atoms with E-state index in [0.717, 1.165) is 28.1 Å². The number of aromatic nitrogens is 2. The van der Waals surface area contributed by atoms with Crippen LogP contribution in [-0.4, -0.2) is 15.7 Å². The number of rotatable bonds is 6. The van der Waals surface area contributed by atoms with Gasteiger partial charge >= 0.3 is 0 Å². The molecule has 160 valence electrons. The van der Waals surface area contributed by atoms with Gasteiger partial charge in [0.05, 0.1) is 5.69 Å². The summed E-state index contributed by atoms with van der Waals surface area (Å²) in [5.41, 5.74) is 5.99. The Bertz CT molecular complexity index is 1300. The van der Waals surface area contributed by atoms with E-state index in [2.05, 4.69) is 15.7 Å². The molecule has 1 amide bonds. The Labute approximate surface area is 186 Å². The number of para-hydroxylation sites is 1. The van der Waals surface area contributed by atoms with E-state index in [9.17, 15) is 9.59 Å². The van der Waals surface area contributed by atoms with Crippen LogP contribution < -0.4 is 16.2 Å². The maximum atomic E-state index is 12.6. The molecule has 0 fully saturated rings. The van der Waals surface area contributed by atoms with Gasteiger partial charge in [-0.3, -0.25) is 9.59 Å². The molecular weight excluding hydrogens is 400 g/mol. The minimum Gasteiger partial charge on any atom is -0.356 e. The van der Waals surface area contributed by atoms with Gasteiger partial charge in [0.15, 0.2) is 0 Å². The summed E-state index contributed by atoms with van der Waals surface area (Å²) in [6.45, 7) is 3.84. The molecule has 32 heavy (non-hydrogen) atoms. The maximum Gasteiger partial charge on any atom is 0.267 e. The van der Waals surface area contributed by atoms with E-state index in [-0.39, 0.29) is 18.0 Å². The van der Waals surface area contributed by atoms with Crippen molar-refractivity contribution in [1.29, 1.82) is 0 Å². The number of nitrogens with one attached hydrogen (secondary N) is 2. The number of hydrogen-bond acceptors (Lipinski definition) is 4. The average molecular weight is 425 g/mol. The average Bonchev–Trinajstić information content (AvgIpc) is 2.79. The molecule has 6 nitrogen and oxygen atoms in total. The van der Waals surface area contributed by atoms with Crippen molar-refractivity contribution < 1.29 is 4.79 Å². The normalized spacial score (nSPS) is 10.6. The third kappa shape index (κ3) is 5.10. The fraction of sp³-hybridized carbons (Fsp3) is 0.115. The summed E-state index contributed by atoms with van der Waals surface area (Å²) < 4.78 is 1.19. The van der Waals surface area contributed by atoms with Gasteiger partial charge in [-0.05, 0) is 67.9 Å². The van der Waals surface area contributed by atoms with Crippen molar-refractivity contribution in [2.75, 3.05) is 10.6 Å². The summed E-state index contributed by atoms with van der Waals surface area (Å²) >= 11 is 0. The second-order valence-electron chi connectivity index (χ2n) is 7.65. The first-order chi connectivity index (χ1) is 15.5. The lowest BCUT2D eigenvalue weighted by Crippen LogP contribution is -2.29. The maximum absolute atomic E-state index is 12.6. The van der Waals surface area contributed by atoms with E-state index in [4.69, 9.17) is 0 Å². The Morgan fingerprint density at radius 2 is 1.53 bits per heavy atom. The summed E-state index contributed by atoms with van der Waals surface area (Å²) in [5.74, 6) is -0.318. The van der Waals surface area contributed by atoms with Gasteiger partial charge in [-0.1, -0.05) is 35.9 Å². The number of benzene rings is 3. The lowest BCUT2D eigenvalue weighted by molar-refractivity contribution is -0.117. The smallest absolute Gasteiger partial charge is 0.267 e. The summed E-state index contributed by atoms with van der Waals surface area (Å²) in [6, 6.07) is 26.4. The van der Waals surface area contributed by atoms with Gasteiger partial charge in [-0.25, -0.2) is 4.68 Å². The number of anilines is 3. The van der Waals surface area contributed by atoms with E-state index >= 15 is 0 Å². The van der Waals surface area contributed by atoms with E-state index < -0.39 is 0 Å². The van der Waals surface area contributed by atoms with Gasteiger partial charge in [-0.15, -0.1) is 0 Å². The van der Waals surface area contributed by atoms with Crippen molar-refractivity contribution in [3.63, 3.8) is 0 Å². The quantitative estimate of drug-likeness (QED) is 0.461. The van der Waals surface area contributed by atoms with E-state index in [1.165, 1.54) is 10.7 Å². The standard InChI is InChI=1S/C26H24N4O2/c1-18-8-9-19(2)23(16-18)24-14-15-26(32)30(29-24)17-25(31)28-22-12-10-21(11-13-22)27-20-6-4-3-5-7-20/h3-16,27H,17H2,1-2H3,(H,28,31). The summed E-state index contributed by atoms with van der Waals surface area (Å²) in [7, 11) is 0. The SMILES string of the molecule is Cc1ccc(C)c(-c2ccc(=O)n(CC(=O)Nc3ccc(Nc4ccccc4)cc3)n2)c1. The summed E-state index contributed by atoms with van der Waals surface area (Å²) in [4.78, 5) is 24.8. The van der Waals surface area contributed by atoms with Crippen LogP contribution in [0.15, 0.2) is 89.7 Å². The zero-order valence-corrected chi connectivity index (χ0v) is 18.0. The van der Waals surface area contributed by atoms with Crippen LogP contribution in [0.2, 0.25) is 0 Å². The number of hydrogen-bond donors (Lipinski definition) is 2. The number of amides is 1. The molecule has 4 rings (SSSR count). The van der Waals surface area contributed by atoms with Crippen molar-refractivity contribution in [3.05, 3.63) is 106 Å². The van der Waals surface area contributed by atoms with Crippen LogP contribution in [-0.2, 0) is 11.3 Å². The predicted molar refractivity (Wildman–Crippen MR) is 128 cm³/mol. The lowest BCUT2D eigenvalue weighted by atomic mass is 10.0. The molecule has 1 aromatic heterocycles. The molecule has 0 saturated carbocycles. The van der Waals surface area contributed by atoms with Crippen molar-refractivity contribution in [1.82, 2.24) is 9.78 Å². The number of nitrogens with zero attached hydrogens (tertiary/aromatic N) is 2. The van der Waals surface area contributed by atoms with Crippen LogP contribution in [0.5, 0.6) is 0 Å². The van der Waals surface area contributed by atoms with Gasteiger partial charge in [0.2, 0.25) is 5.91 Å². The third-order valence-electron chi connectivity index (χ3n) is 5.06. The number of aryl methyl sites for hydroxylation is 2. The van der Waals surface area contributed by atoms with Crippen LogP contribution in [0.1, 0.15) is 11.1 Å². The minimum atomic E-state index is -0.323. The van der Waals surface area contributed by atoms with Crippen molar-refractivity contribution in [3.8, 4) is 11.3 Å². The van der Waals surface area contributed by atoms with E-state index in [1.807, 2.05) is 86.6 Å². The molecular formula is C26H24N4O2. The highest BCUT2D eigenvalue weighted by Crippen LogP contribution is 2.22. The van der Waals surface area contributed by atoms with E-state index in [0.29, 0.717) is 11.4 Å². The minimum absolute atomic E-state index is 0.165. The summed E-state index contributed by atoms with van der Waals surface area (Å²) in [6.07, 6.45) is 0. The van der Waals surface area contributed by atoms with Crippen LogP contribution >= 0.6 is 0 Å². The highest BCUT2D eigenvalue weighted by molar-refractivity contribution is 5.90. The second-order valence-corrected chi connectivity index (χ2v) is 7.65. The fourth-order valence-electron chi connectivity index (χ4n) is 3.38. The number of carbonyl (C=O) groups excluding carboxylic acids is 1. The molecule has 0 atom stereocenters. The lowest BCUT2D eigenvalue weighted by Gasteiger charge is -2.11. The monoisotopic (exact) mass is 424 g/mol. The largest absolute Gasteiger partial charge is 0.356 e. The topological polar surface area (TPSA) is 76.0 Å². The molecule has 0 aliphatic heterocycles. The molecule has 3 aromatic carbocycles. The molecule has 1 heterocycles. The molecule has 6 heteroatoms. The predicted octanol–water partition coefficient (Wildman–Crippen LogP) is 4.91. The Hall–Kier alpha value is -4.19. The molecule has 0 aliphatic carbocycles. The molecule has 2 N–H and O–H groups in total. The van der Waals surface area contributed by atoms with Gasteiger partial charge in [0, 0.05) is 28.7 Å². The van der Waals surface area contributed by atoms with Crippen LogP contribution in [0.25, 0.3) is 11.3 Å². The van der Waals surface area contributed by atoms with Crippen LogP contribution in [0, 0.1) is 13.8 Å². The Morgan fingerprint density at radius 3 is 2.28 bits per heavy atom.